The van der Waals surface area contributed by atoms with Crippen molar-refractivity contribution in [2.75, 3.05) is 32.1 Å². The number of likely N-dealkylation sites (N-methyl/N-ethyl adjacent to an activating group) is 1. The van der Waals surface area contributed by atoms with Crippen molar-refractivity contribution in [3.8, 4) is 0 Å². The van der Waals surface area contributed by atoms with Gasteiger partial charge in [-0.05, 0) is 24.7 Å². The van der Waals surface area contributed by atoms with Gasteiger partial charge in [0, 0.05) is 18.8 Å². The number of hydrogen-bond acceptors (Lipinski definition) is 4. The van der Waals surface area contributed by atoms with E-state index in [2.05, 4.69) is 5.32 Å². The molecule has 0 aliphatic heterocycles. The van der Waals surface area contributed by atoms with Crippen LogP contribution in [0.1, 0.15) is 5.56 Å². The minimum Gasteiger partial charge on any atom is -0.395 e. The number of nitrogens with zero attached hydrogens (tertiary/aromatic N) is 1. The lowest BCUT2D eigenvalue weighted by Gasteiger charge is -2.14. The Balaban J connectivity index is 2.49. The van der Waals surface area contributed by atoms with Crippen LogP contribution < -0.4 is 11.1 Å². The van der Waals surface area contributed by atoms with E-state index in [1.807, 2.05) is 24.3 Å². The predicted octanol–water partition coefficient (Wildman–Crippen LogP) is 0.00790. The Kier molecular flexibility index (Phi) is 5.62. The molecule has 0 aromatic heterocycles. The summed E-state index contributed by atoms with van der Waals surface area (Å²) in [6, 6.07) is 7.44. The van der Waals surface area contributed by atoms with E-state index in [0.717, 1.165) is 11.3 Å². The summed E-state index contributed by atoms with van der Waals surface area (Å²) in [6.07, 6.45) is 0. The molecule has 1 rings (SSSR count). The second-order valence-corrected chi connectivity index (χ2v) is 3.91. The van der Waals surface area contributed by atoms with Gasteiger partial charge in [-0.3, -0.25) is 9.69 Å². The predicted molar refractivity (Wildman–Crippen MR) is 67.5 cm³/mol. The zero-order chi connectivity index (χ0) is 12.7. The highest BCUT2D eigenvalue weighted by molar-refractivity contribution is 5.92. The summed E-state index contributed by atoms with van der Waals surface area (Å²) in [7, 11) is 1.78. The minimum atomic E-state index is -0.102. The molecular formula is C12H19N3O2. The molecule has 0 unspecified atom stereocenters. The van der Waals surface area contributed by atoms with Crippen molar-refractivity contribution < 1.29 is 9.90 Å². The van der Waals surface area contributed by atoms with E-state index in [1.165, 1.54) is 0 Å². The summed E-state index contributed by atoms with van der Waals surface area (Å²) in [5, 5.41) is 11.5. The van der Waals surface area contributed by atoms with E-state index >= 15 is 0 Å². The van der Waals surface area contributed by atoms with Crippen LogP contribution in [0.2, 0.25) is 0 Å². The molecule has 0 atom stereocenters. The Morgan fingerprint density at radius 3 is 2.94 bits per heavy atom. The fourth-order valence-corrected chi connectivity index (χ4v) is 1.47. The van der Waals surface area contributed by atoms with E-state index in [9.17, 15) is 4.79 Å². The van der Waals surface area contributed by atoms with Crippen LogP contribution in [0.3, 0.4) is 0 Å². The van der Waals surface area contributed by atoms with Gasteiger partial charge in [0.15, 0.2) is 0 Å². The molecule has 0 bridgehead atoms. The van der Waals surface area contributed by atoms with E-state index < -0.39 is 0 Å². The van der Waals surface area contributed by atoms with Crippen molar-refractivity contribution in [3.63, 3.8) is 0 Å². The lowest BCUT2D eigenvalue weighted by Crippen LogP contribution is -2.32. The first-order valence-corrected chi connectivity index (χ1v) is 5.54. The second-order valence-electron chi connectivity index (χ2n) is 3.91. The second kappa shape index (κ2) is 7.01. The summed E-state index contributed by atoms with van der Waals surface area (Å²) in [4.78, 5) is 13.4. The van der Waals surface area contributed by atoms with Crippen molar-refractivity contribution in [1.82, 2.24) is 4.90 Å². The number of nitrogens with two attached hydrogens (primary N) is 1. The van der Waals surface area contributed by atoms with Gasteiger partial charge in [-0.15, -0.1) is 0 Å². The molecule has 0 spiro atoms. The monoisotopic (exact) mass is 237 g/mol. The molecule has 0 aliphatic carbocycles. The van der Waals surface area contributed by atoms with Crippen LogP contribution in [0.4, 0.5) is 5.69 Å². The quantitative estimate of drug-likeness (QED) is 0.651. The van der Waals surface area contributed by atoms with E-state index in [-0.39, 0.29) is 19.1 Å². The van der Waals surface area contributed by atoms with Gasteiger partial charge in [0.2, 0.25) is 5.91 Å². The third-order valence-corrected chi connectivity index (χ3v) is 2.34. The van der Waals surface area contributed by atoms with Crippen LogP contribution in [0.25, 0.3) is 0 Å². The fourth-order valence-electron chi connectivity index (χ4n) is 1.47. The summed E-state index contributed by atoms with van der Waals surface area (Å²) in [5.41, 5.74) is 7.25. The number of anilines is 1. The molecule has 0 aliphatic rings. The molecule has 94 valence electrons. The zero-order valence-electron chi connectivity index (χ0n) is 10.0. The largest absolute Gasteiger partial charge is 0.395 e. The normalized spacial score (nSPS) is 10.6. The van der Waals surface area contributed by atoms with Gasteiger partial charge in [-0.2, -0.15) is 0 Å². The van der Waals surface area contributed by atoms with Gasteiger partial charge in [-0.1, -0.05) is 12.1 Å². The summed E-state index contributed by atoms with van der Waals surface area (Å²) < 4.78 is 0. The van der Waals surface area contributed by atoms with Crippen molar-refractivity contribution in [1.29, 1.82) is 0 Å². The Hall–Kier alpha value is -1.43. The van der Waals surface area contributed by atoms with Gasteiger partial charge in [0.25, 0.3) is 0 Å². The van der Waals surface area contributed by atoms with Crippen molar-refractivity contribution >= 4 is 11.6 Å². The lowest BCUT2D eigenvalue weighted by atomic mass is 10.2. The molecule has 5 heteroatoms. The highest BCUT2D eigenvalue weighted by Crippen LogP contribution is 2.09. The molecule has 4 N–H and O–H groups in total. The van der Waals surface area contributed by atoms with Gasteiger partial charge in [0.1, 0.15) is 0 Å². The first-order valence-electron chi connectivity index (χ1n) is 5.54. The average Bonchev–Trinajstić information content (AvgIpc) is 2.29. The van der Waals surface area contributed by atoms with Crippen molar-refractivity contribution in [2.45, 2.75) is 6.54 Å². The molecule has 0 saturated heterocycles. The van der Waals surface area contributed by atoms with Crippen LogP contribution in [0, 0.1) is 0 Å². The van der Waals surface area contributed by atoms with E-state index in [4.69, 9.17) is 10.8 Å². The maximum atomic E-state index is 11.6. The van der Waals surface area contributed by atoms with Crippen LogP contribution >= 0.6 is 0 Å². The van der Waals surface area contributed by atoms with Crippen LogP contribution in [0.15, 0.2) is 24.3 Å². The topological polar surface area (TPSA) is 78.6 Å². The molecule has 0 fully saturated rings. The molecule has 1 aromatic rings. The minimum absolute atomic E-state index is 0.0481. The van der Waals surface area contributed by atoms with Crippen LogP contribution in [0.5, 0.6) is 0 Å². The number of aliphatic hydroxyl groups is 1. The summed E-state index contributed by atoms with van der Waals surface area (Å²) in [5.74, 6) is -0.102. The molecule has 0 saturated carbocycles. The average molecular weight is 237 g/mol. The number of nitrogens with one attached hydrogen (secondary N) is 1. The maximum Gasteiger partial charge on any atom is 0.238 e. The first kappa shape index (κ1) is 13.6. The molecule has 17 heavy (non-hydrogen) atoms. The molecule has 0 heterocycles. The standard InChI is InChI=1S/C12H19N3O2/c1-15(5-6-16)9-12(17)14-11-4-2-3-10(7-11)8-13/h2-4,7,16H,5-6,8-9,13H2,1H3,(H,14,17). The molecular weight excluding hydrogens is 218 g/mol. The van der Waals surface area contributed by atoms with E-state index in [1.54, 1.807) is 11.9 Å². The highest BCUT2D eigenvalue weighted by atomic mass is 16.3. The van der Waals surface area contributed by atoms with Crippen molar-refractivity contribution in [3.05, 3.63) is 29.8 Å². The van der Waals surface area contributed by atoms with Gasteiger partial charge >= 0.3 is 0 Å². The number of amides is 1. The summed E-state index contributed by atoms with van der Waals surface area (Å²) in [6.45, 7) is 1.24. The van der Waals surface area contributed by atoms with Crippen molar-refractivity contribution in [2.24, 2.45) is 5.73 Å². The Morgan fingerprint density at radius 1 is 1.53 bits per heavy atom. The van der Waals surface area contributed by atoms with Gasteiger partial charge in [-0.25, -0.2) is 0 Å². The number of carbonyl (C=O) groups excluding carboxylic acids is 1. The number of carbonyl (C=O) groups is 1. The third-order valence-electron chi connectivity index (χ3n) is 2.34. The van der Waals surface area contributed by atoms with Gasteiger partial charge < -0.3 is 16.2 Å². The van der Waals surface area contributed by atoms with Gasteiger partial charge in [0.05, 0.1) is 13.2 Å². The zero-order valence-corrected chi connectivity index (χ0v) is 10.0. The Bertz CT molecular complexity index is 369. The third kappa shape index (κ3) is 4.95. The smallest absolute Gasteiger partial charge is 0.238 e. The number of aliphatic hydroxyl groups excluding tert-OH is 1. The number of rotatable bonds is 6. The Morgan fingerprint density at radius 2 is 2.29 bits per heavy atom. The van der Waals surface area contributed by atoms with Crippen LogP contribution in [-0.2, 0) is 11.3 Å². The Labute approximate surface area is 101 Å². The molecule has 1 aromatic carbocycles. The molecule has 0 radical (unpaired) electrons. The molecule has 5 nitrogen and oxygen atoms in total. The highest BCUT2D eigenvalue weighted by Gasteiger charge is 2.06. The maximum absolute atomic E-state index is 11.6. The SMILES string of the molecule is CN(CCO)CC(=O)Nc1cccc(CN)c1. The first-order chi connectivity index (χ1) is 8.15. The summed E-state index contributed by atoms with van der Waals surface area (Å²) >= 11 is 0. The fraction of sp³-hybridized carbons (Fsp3) is 0.417. The number of benzene rings is 1. The lowest BCUT2D eigenvalue weighted by molar-refractivity contribution is -0.117. The van der Waals surface area contributed by atoms with Crippen LogP contribution in [-0.4, -0.2) is 42.7 Å². The molecule has 1 amide bonds. The number of hydrogen-bond donors (Lipinski definition) is 3. The van der Waals surface area contributed by atoms with E-state index in [0.29, 0.717) is 13.1 Å².